The van der Waals surface area contributed by atoms with E-state index < -0.39 is 47.8 Å². The van der Waals surface area contributed by atoms with Crippen molar-refractivity contribution in [3.8, 4) is 16.9 Å². The van der Waals surface area contributed by atoms with Crippen LogP contribution in [0.15, 0.2) is 48.7 Å². The van der Waals surface area contributed by atoms with E-state index in [1.807, 2.05) is 0 Å². The molecule has 14 heteroatoms. The number of aliphatic hydroxyl groups excluding tert-OH is 1. The third-order valence-corrected chi connectivity index (χ3v) is 6.20. The van der Waals surface area contributed by atoms with Crippen molar-refractivity contribution in [2.45, 2.75) is 18.7 Å². The smallest absolute Gasteiger partial charge is 0.422 e. The summed E-state index contributed by atoms with van der Waals surface area (Å²) < 4.78 is 57.9. The predicted molar refractivity (Wildman–Crippen MR) is 132 cm³/mol. The molecule has 39 heavy (non-hydrogen) atoms. The fraction of sp³-hybridized carbons (Fsp3) is 0.240. The van der Waals surface area contributed by atoms with Crippen molar-refractivity contribution in [2.75, 3.05) is 19.7 Å². The van der Waals surface area contributed by atoms with Crippen LogP contribution in [0.4, 0.5) is 23.2 Å². The molecule has 1 saturated heterocycles. The summed E-state index contributed by atoms with van der Waals surface area (Å²) in [7, 11) is 0. The van der Waals surface area contributed by atoms with Crippen molar-refractivity contribution in [3.05, 3.63) is 81.1 Å². The van der Waals surface area contributed by atoms with E-state index in [1.54, 1.807) is 0 Å². The van der Waals surface area contributed by atoms with Gasteiger partial charge < -0.3 is 24.9 Å². The van der Waals surface area contributed by atoms with Gasteiger partial charge in [-0.15, -0.1) is 0 Å². The number of aliphatic hydroxyl groups is 1. The average Bonchev–Trinajstić information content (AvgIpc) is 3.29. The number of carbonyl (C=O) groups is 2. The van der Waals surface area contributed by atoms with Gasteiger partial charge >= 0.3 is 6.18 Å². The number of ether oxygens (including phenoxy) is 1. The molecule has 0 radical (unpaired) electrons. The summed E-state index contributed by atoms with van der Waals surface area (Å²) in [5.74, 6) is -2.97. The quantitative estimate of drug-likeness (QED) is 0.247. The van der Waals surface area contributed by atoms with Crippen LogP contribution in [0.3, 0.4) is 0 Å². The second-order valence-electron chi connectivity index (χ2n) is 8.34. The number of pyridine rings is 1. The summed E-state index contributed by atoms with van der Waals surface area (Å²) in [5.41, 5.74) is -0.367. The van der Waals surface area contributed by atoms with E-state index in [4.69, 9.17) is 27.9 Å². The maximum Gasteiger partial charge on any atom is 0.422 e. The van der Waals surface area contributed by atoms with Crippen LogP contribution < -0.4 is 4.74 Å². The Bertz CT molecular complexity index is 1370. The van der Waals surface area contributed by atoms with Gasteiger partial charge in [0.05, 0.1) is 27.6 Å². The number of alkyl halides is 3. The number of likely N-dealkylation sites (tertiary alicyclic amines) is 1. The van der Waals surface area contributed by atoms with Gasteiger partial charge in [0.25, 0.3) is 5.91 Å². The Hall–Kier alpha value is -2.49. The Balaban J connectivity index is 0.00000420. The maximum atomic E-state index is 14.2. The van der Waals surface area contributed by atoms with Crippen LogP contribution in [0.5, 0.6) is 5.75 Å². The van der Waals surface area contributed by atoms with Crippen molar-refractivity contribution in [1.29, 1.82) is 0 Å². The molecule has 2 heterocycles. The fourth-order valence-electron chi connectivity index (χ4n) is 3.78. The zero-order valence-electron chi connectivity index (χ0n) is 20.0. The number of carbonyl (C=O) groups excluding carboxylic acids is 2. The topological polar surface area (TPSA) is 93.8 Å². The number of nitrogens with zero attached hydrogens (tertiary/aromatic N) is 3. The predicted octanol–water partition coefficient (Wildman–Crippen LogP) is 6.19. The molecule has 0 aliphatic carbocycles. The second-order valence-corrected chi connectivity index (χ2v) is 9.16. The van der Waals surface area contributed by atoms with Crippen LogP contribution >= 0.6 is 23.2 Å². The Morgan fingerprint density at radius 2 is 1.90 bits per heavy atom. The molecule has 202 valence electrons. The third-order valence-electron chi connectivity index (χ3n) is 5.59. The van der Waals surface area contributed by atoms with Crippen molar-refractivity contribution in [2.24, 2.45) is 0 Å². The van der Waals surface area contributed by atoms with Crippen LogP contribution in [-0.2, 0) is 27.3 Å². The van der Waals surface area contributed by atoms with E-state index in [0.29, 0.717) is 13.0 Å². The number of rotatable bonds is 6. The first kappa shape index (κ1) is 31.0. The largest absolute Gasteiger partial charge is 0.620 e. The van der Waals surface area contributed by atoms with Crippen LogP contribution in [-0.4, -0.2) is 58.8 Å². The molecule has 0 saturated carbocycles. The fourth-order valence-corrected chi connectivity index (χ4v) is 4.24. The normalized spacial score (nSPS) is 15.1. The van der Waals surface area contributed by atoms with E-state index in [0.717, 1.165) is 12.1 Å². The Morgan fingerprint density at radius 1 is 1.15 bits per heavy atom. The summed E-state index contributed by atoms with van der Waals surface area (Å²) >= 11 is 12.2. The van der Waals surface area contributed by atoms with Crippen molar-refractivity contribution in [3.63, 3.8) is 0 Å². The first-order valence-corrected chi connectivity index (χ1v) is 11.9. The molecule has 1 aromatic heterocycles. The molecule has 7 nitrogen and oxygen atoms in total. The van der Waals surface area contributed by atoms with E-state index in [-0.39, 0.29) is 66.4 Å². The van der Waals surface area contributed by atoms with Gasteiger partial charge in [-0.2, -0.15) is 13.2 Å². The summed E-state index contributed by atoms with van der Waals surface area (Å²) in [4.78, 5) is 30.9. The average molecular weight is 684 g/mol. The molecule has 0 bridgehead atoms. The molecule has 2 amide bonds. The molecule has 1 fully saturated rings. The Kier molecular flexibility index (Phi) is 10.2. The van der Waals surface area contributed by atoms with Gasteiger partial charge in [-0.3, -0.25) is 4.79 Å². The van der Waals surface area contributed by atoms with Crippen LogP contribution in [0, 0.1) is 5.82 Å². The summed E-state index contributed by atoms with van der Waals surface area (Å²) in [6.07, 6.45) is -3.71. The molecule has 0 unspecified atom stereocenters. The van der Waals surface area contributed by atoms with Crippen LogP contribution in [0.2, 0.25) is 10.0 Å². The minimum Gasteiger partial charge on any atom is -0.620 e. The molecule has 1 aliphatic heterocycles. The summed E-state index contributed by atoms with van der Waals surface area (Å²) in [6, 6.07) is 8.66. The second kappa shape index (κ2) is 12.8. The summed E-state index contributed by atoms with van der Waals surface area (Å²) in [6.45, 7) is -1.21. The Labute approximate surface area is 250 Å². The number of hydrogen-bond donors (Lipinski definition) is 1. The van der Waals surface area contributed by atoms with Crippen LogP contribution in [0.25, 0.3) is 16.4 Å². The van der Waals surface area contributed by atoms with Gasteiger partial charge in [-0.25, -0.2) is 9.37 Å². The van der Waals surface area contributed by atoms with E-state index in [2.05, 4.69) is 10.3 Å². The number of benzene rings is 2. The molecular formula is C25H18CdCl2F4N3O4-. The molecule has 3 aromatic rings. The molecule has 1 N–H and O–H groups in total. The Morgan fingerprint density at radius 3 is 2.54 bits per heavy atom. The van der Waals surface area contributed by atoms with Gasteiger partial charge in [0.1, 0.15) is 17.3 Å². The summed E-state index contributed by atoms with van der Waals surface area (Å²) in [5, 5.41) is 13.3. The van der Waals surface area contributed by atoms with Gasteiger partial charge in [-0.05, 0) is 36.2 Å². The third kappa shape index (κ3) is 7.59. The van der Waals surface area contributed by atoms with E-state index >= 15 is 0 Å². The zero-order valence-corrected chi connectivity index (χ0v) is 25.6. The monoisotopic (exact) mass is 684 g/mol. The minimum atomic E-state index is -4.71. The SMILES string of the molecule is O=C([N-]c1ccc(-c2cc(C(=O)N3CC[C@@H](O)C3)ncc2Cl)cc1OCC(F)(F)F)c1c(F)cccc1Cl.[Cd]. The van der Waals surface area contributed by atoms with E-state index in [1.165, 1.54) is 41.4 Å². The molecule has 2 aromatic carbocycles. The van der Waals surface area contributed by atoms with Gasteiger partial charge in [0, 0.05) is 52.1 Å². The minimum absolute atomic E-state index is 0. The number of aromatic nitrogens is 1. The first-order chi connectivity index (χ1) is 17.9. The molecule has 1 atom stereocenters. The standard InChI is InChI=1S/C25H19Cl2F4N3O4.Cd/c26-16-2-1-3-18(28)22(16)23(36)33-19-5-4-13(8-21(19)38-12-25(29,30)31)15-9-20(32-10-17(15)27)24(37)34-7-6-14(35)11-34;/h1-5,8-10,14,35H,6-7,11-12H2,(H,32,33,36);/p-1/t14-;/m1./s1. The van der Waals surface area contributed by atoms with Crippen LogP contribution in [0.1, 0.15) is 27.3 Å². The molecule has 1 aliphatic rings. The van der Waals surface area contributed by atoms with E-state index in [9.17, 15) is 32.3 Å². The molecule has 4 rings (SSSR count). The zero-order chi connectivity index (χ0) is 27.6. The van der Waals surface area contributed by atoms with Gasteiger partial charge in [0.2, 0.25) is 0 Å². The van der Waals surface area contributed by atoms with Gasteiger partial charge in [0.15, 0.2) is 6.61 Å². The molecule has 0 spiro atoms. The first-order valence-electron chi connectivity index (χ1n) is 11.1. The van der Waals surface area contributed by atoms with Crippen molar-refractivity contribution < 1.29 is 64.3 Å². The number of halogens is 6. The maximum absolute atomic E-state index is 14.2. The number of β-amino-alcohol motifs (C(OH)–C–C–N with tert-alkyl or cyclic N) is 1. The van der Waals surface area contributed by atoms with Gasteiger partial charge in [-0.1, -0.05) is 47.1 Å². The van der Waals surface area contributed by atoms with Crippen molar-refractivity contribution >= 4 is 40.7 Å². The number of hydrogen-bond acceptors (Lipinski definition) is 5. The molecular weight excluding hydrogens is 666 g/mol. The van der Waals surface area contributed by atoms with Crippen molar-refractivity contribution in [1.82, 2.24) is 9.88 Å². The number of amides is 2.